The third-order valence-electron chi connectivity index (χ3n) is 3.59. The predicted octanol–water partition coefficient (Wildman–Crippen LogP) is 2.31. The lowest BCUT2D eigenvalue weighted by atomic mass is 10.2. The van der Waals surface area contributed by atoms with Crippen molar-refractivity contribution in [2.75, 3.05) is 23.7 Å². The number of halogens is 1. The van der Waals surface area contributed by atoms with Crippen LogP contribution in [0.4, 0.5) is 10.1 Å². The van der Waals surface area contributed by atoms with Crippen LogP contribution >= 0.6 is 0 Å². The molecule has 0 aliphatic heterocycles. The Morgan fingerprint density at radius 1 is 1.12 bits per heavy atom. The molecule has 1 N–H and O–H groups in total. The van der Waals surface area contributed by atoms with Crippen LogP contribution < -0.4 is 14.4 Å². The number of benzene rings is 2. The molecular formula is C18H21FN2O4S. The molecule has 0 heterocycles. The number of nitrogens with zero attached hydrogens (tertiary/aromatic N) is 1. The van der Waals surface area contributed by atoms with Gasteiger partial charge >= 0.3 is 0 Å². The number of rotatable bonds is 8. The van der Waals surface area contributed by atoms with Crippen molar-refractivity contribution in [1.82, 2.24) is 5.32 Å². The van der Waals surface area contributed by atoms with Crippen molar-refractivity contribution in [3.8, 4) is 5.75 Å². The van der Waals surface area contributed by atoms with Crippen molar-refractivity contribution >= 4 is 21.6 Å². The van der Waals surface area contributed by atoms with Gasteiger partial charge in [-0.25, -0.2) is 12.8 Å². The Labute approximate surface area is 152 Å². The fraction of sp³-hybridized carbons (Fsp3) is 0.278. The fourth-order valence-corrected chi connectivity index (χ4v) is 3.29. The van der Waals surface area contributed by atoms with Gasteiger partial charge in [-0.15, -0.1) is 0 Å². The van der Waals surface area contributed by atoms with Crippen molar-refractivity contribution in [2.45, 2.75) is 13.5 Å². The van der Waals surface area contributed by atoms with Crippen LogP contribution in [0.1, 0.15) is 12.5 Å². The second-order valence-corrected chi connectivity index (χ2v) is 7.52. The molecule has 0 aliphatic rings. The highest BCUT2D eigenvalue weighted by Gasteiger charge is 2.15. The summed E-state index contributed by atoms with van der Waals surface area (Å²) in [6.45, 7) is 2.17. The first-order valence-electron chi connectivity index (χ1n) is 8.01. The third kappa shape index (κ3) is 5.73. The predicted molar refractivity (Wildman–Crippen MR) is 98.0 cm³/mol. The number of hydrogen-bond acceptors (Lipinski definition) is 4. The van der Waals surface area contributed by atoms with Gasteiger partial charge < -0.3 is 10.1 Å². The maximum atomic E-state index is 12.8. The number of nitrogens with one attached hydrogen (secondary N) is 1. The van der Waals surface area contributed by atoms with Gasteiger partial charge in [0.25, 0.3) is 5.91 Å². The molecule has 140 valence electrons. The molecule has 0 bridgehead atoms. The number of amides is 1. The summed E-state index contributed by atoms with van der Waals surface area (Å²) in [6, 6.07) is 12.3. The Morgan fingerprint density at radius 2 is 1.73 bits per heavy atom. The summed E-state index contributed by atoms with van der Waals surface area (Å²) in [7, 11) is -3.34. The monoisotopic (exact) mass is 380 g/mol. The van der Waals surface area contributed by atoms with Crippen molar-refractivity contribution in [2.24, 2.45) is 0 Å². The quantitative estimate of drug-likeness (QED) is 0.763. The molecule has 0 unspecified atom stereocenters. The van der Waals surface area contributed by atoms with Crippen LogP contribution in [0.5, 0.6) is 5.75 Å². The largest absolute Gasteiger partial charge is 0.484 e. The third-order valence-corrected chi connectivity index (χ3v) is 4.85. The summed E-state index contributed by atoms with van der Waals surface area (Å²) < 4.78 is 42.9. The summed E-state index contributed by atoms with van der Waals surface area (Å²) in [5, 5.41) is 2.67. The SMILES string of the molecule is CCN(c1ccc(OCC(=O)NCc2ccc(F)cc2)cc1)S(C)(=O)=O. The molecule has 2 rings (SSSR count). The average molecular weight is 380 g/mol. The number of hydrogen-bond donors (Lipinski definition) is 1. The normalized spacial score (nSPS) is 11.0. The van der Waals surface area contributed by atoms with Crippen LogP contribution in [-0.4, -0.2) is 33.7 Å². The van der Waals surface area contributed by atoms with E-state index in [1.807, 2.05) is 0 Å². The Morgan fingerprint density at radius 3 is 2.27 bits per heavy atom. The van der Waals surface area contributed by atoms with Crippen molar-refractivity contribution in [3.63, 3.8) is 0 Å². The molecule has 0 radical (unpaired) electrons. The molecule has 0 saturated carbocycles. The Kier molecular flexibility index (Phi) is 6.57. The van der Waals surface area contributed by atoms with Crippen LogP contribution in [-0.2, 0) is 21.4 Å². The van der Waals surface area contributed by atoms with Gasteiger partial charge in [0.05, 0.1) is 11.9 Å². The van der Waals surface area contributed by atoms with E-state index >= 15 is 0 Å². The van der Waals surface area contributed by atoms with Crippen LogP contribution in [0.15, 0.2) is 48.5 Å². The maximum absolute atomic E-state index is 12.8. The highest BCUT2D eigenvalue weighted by molar-refractivity contribution is 7.92. The summed E-state index contributed by atoms with van der Waals surface area (Å²) >= 11 is 0. The molecule has 0 saturated heterocycles. The van der Waals surface area contributed by atoms with Gasteiger partial charge in [-0.3, -0.25) is 9.10 Å². The summed E-state index contributed by atoms with van der Waals surface area (Å²) in [5.74, 6) is -0.190. The van der Waals surface area contributed by atoms with E-state index in [0.717, 1.165) is 11.8 Å². The van der Waals surface area contributed by atoms with E-state index in [9.17, 15) is 17.6 Å². The molecule has 2 aromatic carbocycles. The summed E-state index contributed by atoms with van der Waals surface area (Å²) in [6.07, 6.45) is 1.15. The molecule has 0 aromatic heterocycles. The number of sulfonamides is 1. The topological polar surface area (TPSA) is 75.7 Å². The molecule has 0 spiro atoms. The second-order valence-electron chi connectivity index (χ2n) is 5.61. The lowest BCUT2D eigenvalue weighted by Crippen LogP contribution is -2.29. The number of carbonyl (C=O) groups excluding carboxylic acids is 1. The van der Waals surface area contributed by atoms with Gasteiger partial charge in [0.1, 0.15) is 11.6 Å². The van der Waals surface area contributed by atoms with Gasteiger partial charge in [-0.2, -0.15) is 0 Å². The first-order chi connectivity index (χ1) is 12.3. The highest BCUT2D eigenvalue weighted by Crippen LogP contribution is 2.21. The first kappa shape index (κ1) is 19.7. The maximum Gasteiger partial charge on any atom is 0.258 e. The molecule has 2 aromatic rings. The minimum absolute atomic E-state index is 0.176. The fourth-order valence-electron chi connectivity index (χ4n) is 2.32. The standard InChI is InChI=1S/C18H21FN2O4S/c1-3-21(26(2,23)24)16-8-10-17(11-9-16)25-13-18(22)20-12-14-4-6-15(19)7-5-14/h4-11H,3,12-13H2,1-2H3,(H,20,22). The Hall–Kier alpha value is -2.61. The molecule has 8 heteroatoms. The van der Waals surface area contributed by atoms with Gasteiger partial charge in [0, 0.05) is 13.1 Å². The molecule has 0 aliphatic carbocycles. The summed E-state index contributed by atoms with van der Waals surface area (Å²) in [4.78, 5) is 11.8. The average Bonchev–Trinajstić information content (AvgIpc) is 2.60. The minimum atomic E-state index is -3.34. The van der Waals surface area contributed by atoms with Crippen LogP contribution in [0, 0.1) is 5.82 Å². The Balaban J connectivity index is 1.85. The van der Waals surface area contributed by atoms with Gasteiger partial charge in [-0.05, 0) is 48.9 Å². The van der Waals surface area contributed by atoms with Crippen LogP contribution in [0.2, 0.25) is 0 Å². The van der Waals surface area contributed by atoms with Gasteiger partial charge in [0.2, 0.25) is 10.0 Å². The zero-order valence-electron chi connectivity index (χ0n) is 14.6. The second kappa shape index (κ2) is 8.66. The van der Waals surface area contributed by atoms with Crippen molar-refractivity contribution in [3.05, 3.63) is 59.9 Å². The molecule has 6 nitrogen and oxygen atoms in total. The zero-order chi connectivity index (χ0) is 19.2. The van der Waals surface area contributed by atoms with E-state index < -0.39 is 10.0 Å². The first-order valence-corrected chi connectivity index (χ1v) is 9.86. The van der Waals surface area contributed by atoms with Gasteiger partial charge in [-0.1, -0.05) is 12.1 Å². The van der Waals surface area contributed by atoms with Crippen molar-refractivity contribution in [1.29, 1.82) is 0 Å². The number of ether oxygens (including phenoxy) is 1. The van der Waals surface area contributed by atoms with E-state index in [2.05, 4.69) is 5.32 Å². The molecule has 0 atom stereocenters. The smallest absolute Gasteiger partial charge is 0.258 e. The van der Waals surface area contributed by atoms with Crippen molar-refractivity contribution < 1.29 is 22.3 Å². The lowest BCUT2D eigenvalue weighted by molar-refractivity contribution is -0.123. The van der Waals surface area contributed by atoms with E-state index in [1.165, 1.54) is 16.4 Å². The van der Waals surface area contributed by atoms with E-state index in [-0.39, 0.29) is 24.9 Å². The molecule has 26 heavy (non-hydrogen) atoms. The number of carbonyl (C=O) groups is 1. The van der Waals surface area contributed by atoms with Crippen LogP contribution in [0.25, 0.3) is 0 Å². The van der Waals surface area contributed by atoms with Crippen LogP contribution in [0.3, 0.4) is 0 Å². The molecule has 0 fully saturated rings. The van der Waals surface area contributed by atoms with E-state index in [1.54, 1.807) is 43.3 Å². The lowest BCUT2D eigenvalue weighted by Gasteiger charge is -2.20. The molecule has 1 amide bonds. The van der Waals surface area contributed by atoms with E-state index in [0.29, 0.717) is 18.0 Å². The summed E-state index contributed by atoms with van der Waals surface area (Å²) in [5.41, 5.74) is 1.31. The number of anilines is 1. The molecular weight excluding hydrogens is 359 g/mol. The zero-order valence-corrected chi connectivity index (χ0v) is 15.4. The van der Waals surface area contributed by atoms with Gasteiger partial charge in [0.15, 0.2) is 6.61 Å². The van der Waals surface area contributed by atoms with E-state index in [4.69, 9.17) is 4.74 Å². The highest BCUT2D eigenvalue weighted by atomic mass is 32.2. The minimum Gasteiger partial charge on any atom is -0.484 e. The Bertz CT molecular complexity index is 836.